The number of halogens is 2. The van der Waals surface area contributed by atoms with E-state index in [1.54, 1.807) is 31.3 Å². The van der Waals surface area contributed by atoms with Crippen molar-refractivity contribution in [2.45, 2.75) is 12.5 Å². The first-order chi connectivity index (χ1) is 9.63. The van der Waals surface area contributed by atoms with E-state index in [9.17, 15) is 4.39 Å². The second-order valence-corrected chi connectivity index (χ2v) is 4.72. The van der Waals surface area contributed by atoms with Gasteiger partial charge in [-0.25, -0.2) is 4.39 Å². The normalized spacial score (nSPS) is 12.2. The minimum Gasteiger partial charge on any atom is -0.480 e. The molecule has 1 atom stereocenters. The smallest absolute Gasteiger partial charge is 0.233 e. The van der Waals surface area contributed by atoms with E-state index in [4.69, 9.17) is 16.3 Å². The van der Waals surface area contributed by atoms with Crippen molar-refractivity contribution < 1.29 is 9.13 Å². The van der Waals surface area contributed by atoms with Crippen LogP contribution in [0.15, 0.2) is 30.3 Å². The topological polar surface area (TPSA) is 47.0 Å². The van der Waals surface area contributed by atoms with Crippen molar-refractivity contribution >= 4 is 11.6 Å². The Morgan fingerprint density at radius 2 is 2.10 bits per heavy atom. The fourth-order valence-corrected chi connectivity index (χ4v) is 2.05. The van der Waals surface area contributed by atoms with E-state index in [0.29, 0.717) is 22.9 Å². The Hall–Kier alpha value is -1.72. The summed E-state index contributed by atoms with van der Waals surface area (Å²) in [5.74, 6) is 0.125. The van der Waals surface area contributed by atoms with Crippen LogP contribution in [0.2, 0.25) is 5.02 Å². The van der Waals surface area contributed by atoms with Crippen molar-refractivity contribution in [1.82, 2.24) is 15.5 Å². The maximum atomic E-state index is 13.8. The lowest BCUT2D eigenvalue weighted by molar-refractivity contribution is 0.389. The molecule has 0 radical (unpaired) electrons. The number of hydrogen-bond acceptors (Lipinski definition) is 4. The fourth-order valence-electron chi connectivity index (χ4n) is 1.89. The number of rotatable bonds is 5. The van der Waals surface area contributed by atoms with Gasteiger partial charge in [0.15, 0.2) is 0 Å². The average Bonchev–Trinajstić information content (AvgIpc) is 2.47. The molecule has 0 amide bonds. The summed E-state index contributed by atoms with van der Waals surface area (Å²) < 4.78 is 18.8. The average molecular weight is 296 g/mol. The lowest BCUT2D eigenvalue weighted by Crippen LogP contribution is -2.21. The molecule has 0 fully saturated rings. The Kier molecular flexibility index (Phi) is 4.87. The van der Waals surface area contributed by atoms with E-state index in [0.717, 1.165) is 5.69 Å². The number of methoxy groups -OCH3 is 1. The van der Waals surface area contributed by atoms with E-state index in [1.165, 1.54) is 13.2 Å². The number of aromatic nitrogens is 2. The first-order valence-corrected chi connectivity index (χ1v) is 6.50. The molecule has 20 heavy (non-hydrogen) atoms. The highest BCUT2D eigenvalue weighted by atomic mass is 35.5. The minimum absolute atomic E-state index is 0.135. The van der Waals surface area contributed by atoms with Gasteiger partial charge in [0, 0.05) is 11.1 Å². The highest BCUT2D eigenvalue weighted by Gasteiger charge is 2.15. The largest absolute Gasteiger partial charge is 0.480 e. The number of hydrogen-bond donors (Lipinski definition) is 1. The third-order valence-corrected chi connectivity index (χ3v) is 3.25. The minimum atomic E-state index is -0.320. The van der Waals surface area contributed by atoms with Gasteiger partial charge in [0.2, 0.25) is 5.88 Å². The zero-order chi connectivity index (χ0) is 14.5. The molecule has 0 spiro atoms. The maximum absolute atomic E-state index is 13.8. The van der Waals surface area contributed by atoms with Crippen LogP contribution >= 0.6 is 11.6 Å². The molecule has 0 aliphatic rings. The number of benzene rings is 1. The Morgan fingerprint density at radius 3 is 2.65 bits per heavy atom. The van der Waals surface area contributed by atoms with Gasteiger partial charge in [-0.2, -0.15) is 5.10 Å². The molecule has 106 valence electrons. The van der Waals surface area contributed by atoms with Crippen LogP contribution in [0.5, 0.6) is 5.88 Å². The van der Waals surface area contributed by atoms with Gasteiger partial charge >= 0.3 is 0 Å². The van der Waals surface area contributed by atoms with E-state index < -0.39 is 0 Å². The molecule has 2 aromatic rings. The quantitative estimate of drug-likeness (QED) is 0.921. The molecule has 6 heteroatoms. The van der Waals surface area contributed by atoms with Crippen molar-refractivity contribution in [3.8, 4) is 5.88 Å². The van der Waals surface area contributed by atoms with Crippen molar-refractivity contribution in [2.24, 2.45) is 0 Å². The summed E-state index contributed by atoms with van der Waals surface area (Å²) in [4.78, 5) is 0. The van der Waals surface area contributed by atoms with Gasteiger partial charge < -0.3 is 10.1 Å². The standard InChI is InChI=1S/C14H15ClFN3O/c1-17-13(12-5-6-14(20-2)19-18-12)7-9-3-4-10(15)8-11(9)16/h3-6,8,13,17H,7H2,1-2H3. The van der Waals surface area contributed by atoms with E-state index in [2.05, 4.69) is 15.5 Å². The SMILES string of the molecule is CNC(Cc1ccc(Cl)cc1F)c1ccc(OC)nn1. The molecule has 1 aromatic carbocycles. The summed E-state index contributed by atoms with van der Waals surface area (Å²) in [7, 11) is 3.33. The first kappa shape index (κ1) is 14.7. The summed E-state index contributed by atoms with van der Waals surface area (Å²) in [6, 6.07) is 8.06. The van der Waals surface area contributed by atoms with Crippen LogP contribution in [0.25, 0.3) is 0 Å². The van der Waals surface area contributed by atoms with Crippen LogP contribution in [-0.2, 0) is 6.42 Å². The molecule has 2 rings (SSSR count). The maximum Gasteiger partial charge on any atom is 0.233 e. The number of ether oxygens (including phenoxy) is 1. The van der Waals surface area contributed by atoms with Crippen LogP contribution < -0.4 is 10.1 Å². The Morgan fingerprint density at radius 1 is 1.30 bits per heavy atom. The van der Waals surface area contributed by atoms with Crippen molar-refractivity contribution in [3.63, 3.8) is 0 Å². The molecule has 1 unspecified atom stereocenters. The number of nitrogens with zero attached hydrogens (tertiary/aromatic N) is 2. The molecular formula is C14H15ClFN3O. The van der Waals surface area contributed by atoms with E-state index in [1.807, 2.05) is 0 Å². The predicted molar refractivity (Wildman–Crippen MR) is 75.5 cm³/mol. The highest BCUT2D eigenvalue weighted by molar-refractivity contribution is 6.30. The zero-order valence-electron chi connectivity index (χ0n) is 11.2. The molecule has 4 nitrogen and oxygen atoms in total. The Bertz CT molecular complexity index is 577. The third-order valence-electron chi connectivity index (χ3n) is 3.01. The van der Waals surface area contributed by atoms with Gasteiger partial charge in [-0.05, 0) is 37.2 Å². The van der Waals surface area contributed by atoms with Gasteiger partial charge in [0.25, 0.3) is 0 Å². The lowest BCUT2D eigenvalue weighted by Gasteiger charge is -2.15. The van der Waals surface area contributed by atoms with Gasteiger partial charge in [-0.3, -0.25) is 0 Å². The molecule has 0 aliphatic carbocycles. The lowest BCUT2D eigenvalue weighted by atomic mass is 10.0. The van der Waals surface area contributed by atoms with E-state index >= 15 is 0 Å². The summed E-state index contributed by atoms with van der Waals surface area (Å²) in [6.07, 6.45) is 0.459. The first-order valence-electron chi connectivity index (χ1n) is 6.13. The summed E-state index contributed by atoms with van der Waals surface area (Å²) in [5.41, 5.74) is 1.30. The van der Waals surface area contributed by atoms with Crippen LogP contribution in [0.3, 0.4) is 0 Å². The highest BCUT2D eigenvalue weighted by Crippen LogP contribution is 2.21. The molecule has 0 bridgehead atoms. The fraction of sp³-hybridized carbons (Fsp3) is 0.286. The Balaban J connectivity index is 2.19. The van der Waals surface area contributed by atoms with Gasteiger partial charge in [0.05, 0.1) is 18.8 Å². The molecule has 1 heterocycles. The number of nitrogens with one attached hydrogen (secondary N) is 1. The molecule has 1 N–H and O–H groups in total. The monoisotopic (exact) mass is 295 g/mol. The second-order valence-electron chi connectivity index (χ2n) is 4.28. The summed E-state index contributed by atoms with van der Waals surface area (Å²) >= 11 is 5.75. The van der Waals surface area contributed by atoms with Crippen LogP contribution in [0.4, 0.5) is 4.39 Å². The van der Waals surface area contributed by atoms with Gasteiger partial charge in [-0.15, -0.1) is 5.10 Å². The predicted octanol–water partition coefficient (Wildman–Crippen LogP) is 2.78. The van der Waals surface area contributed by atoms with Crippen LogP contribution in [-0.4, -0.2) is 24.4 Å². The number of likely N-dealkylation sites (N-methyl/N-ethyl adjacent to an activating group) is 1. The second kappa shape index (κ2) is 6.63. The van der Waals surface area contributed by atoms with E-state index in [-0.39, 0.29) is 11.9 Å². The van der Waals surface area contributed by atoms with Crippen molar-refractivity contribution in [2.75, 3.05) is 14.2 Å². The molecular weight excluding hydrogens is 281 g/mol. The summed E-state index contributed by atoms with van der Waals surface area (Å²) in [5, 5.41) is 11.5. The van der Waals surface area contributed by atoms with Crippen molar-refractivity contribution in [1.29, 1.82) is 0 Å². The van der Waals surface area contributed by atoms with Crippen molar-refractivity contribution in [3.05, 3.63) is 52.4 Å². The van der Waals surface area contributed by atoms with Crippen LogP contribution in [0, 0.1) is 5.82 Å². The van der Waals surface area contributed by atoms with Crippen LogP contribution in [0.1, 0.15) is 17.3 Å². The van der Waals surface area contributed by atoms with Gasteiger partial charge in [-0.1, -0.05) is 17.7 Å². The Labute approximate surface area is 121 Å². The van der Waals surface area contributed by atoms with Gasteiger partial charge in [0.1, 0.15) is 5.82 Å². The molecule has 0 saturated heterocycles. The zero-order valence-corrected chi connectivity index (χ0v) is 12.0. The molecule has 0 aliphatic heterocycles. The molecule has 0 saturated carbocycles. The third kappa shape index (κ3) is 3.43. The molecule has 1 aromatic heterocycles. The summed E-state index contributed by atoms with van der Waals surface area (Å²) in [6.45, 7) is 0.